The van der Waals surface area contributed by atoms with E-state index in [1.807, 2.05) is 18.3 Å². The largest absolute Gasteiger partial charge is 0.396 e. The SMILES string of the molecule is CN(N)C(=C[NH2+]P)CCCCCCCCCO. The third-order valence-corrected chi connectivity index (χ3v) is 3.03. The maximum Gasteiger partial charge on any atom is 0.114 e. The molecule has 0 fully saturated rings. The van der Waals surface area contributed by atoms with Crippen molar-refractivity contribution in [3.63, 3.8) is 0 Å². The number of hydrazine groups is 1. The van der Waals surface area contributed by atoms with Crippen LogP contribution in [0.3, 0.4) is 0 Å². The highest BCUT2D eigenvalue weighted by Crippen LogP contribution is 2.12. The number of rotatable bonds is 11. The van der Waals surface area contributed by atoms with Crippen LogP contribution in [-0.4, -0.2) is 23.8 Å². The summed E-state index contributed by atoms with van der Waals surface area (Å²) < 4.78 is 0. The highest BCUT2D eigenvalue weighted by Gasteiger charge is 2.01. The molecule has 0 spiro atoms. The van der Waals surface area contributed by atoms with Crippen LogP contribution >= 0.6 is 9.39 Å². The van der Waals surface area contributed by atoms with Crippen molar-refractivity contribution in [2.45, 2.75) is 51.4 Å². The molecule has 0 aliphatic carbocycles. The Balaban J connectivity index is 3.40. The van der Waals surface area contributed by atoms with Crippen molar-refractivity contribution in [2.75, 3.05) is 13.7 Å². The Bertz CT molecular complexity index is 198. The summed E-state index contributed by atoms with van der Waals surface area (Å²) in [6.45, 7) is 0.336. The molecule has 1 unspecified atom stereocenters. The molecule has 0 radical (unpaired) electrons. The van der Waals surface area contributed by atoms with Gasteiger partial charge in [-0.1, -0.05) is 32.1 Å². The zero-order valence-corrected chi connectivity index (χ0v) is 12.2. The Hall–Kier alpha value is -0.150. The quantitative estimate of drug-likeness (QED) is 0.226. The summed E-state index contributed by atoms with van der Waals surface area (Å²) in [6.07, 6.45) is 11.5. The molecule has 17 heavy (non-hydrogen) atoms. The van der Waals surface area contributed by atoms with Crippen LogP contribution in [0.2, 0.25) is 0 Å². The van der Waals surface area contributed by atoms with E-state index in [9.17, 15) is 0 Å². The van der Waals surface area contributed by atoms with Crippen molar-refractivity contribution >= 4 is 9.39 Å². The van der Waals surface area contributed by atoms with Gasteiger partial charge < -0.3 is 15.2 Å². The van der Waals surface area contributed by atoms with Crippen LogP contribution in [-0.2, 0) is 0 Å². The first kappa shape index (κ1) is 16.9. The number of nitrogens with two attached hydrogens (primary N) is 2. The number of nitrogens with zero attached hydrogens (tertiary/aromatic N) is 1. The third-order valence-electron chi connectivity index (χ3n) is 2.83. The Morgan fingerprint density at radius 3 is 2.18 bits per heavy atom. The average molecular weight is 262 g/mol. The minimum absolute atomic E-state index is 0.336. The summed E-state index contributed by atoms with van der Waals surface area (Å²) in [5.41, 5.74) is 1.18. The molecular weight excluding hydrogens is 233 g/mol. The highest BCUT2D eigenvalue weighted by atomic mass is 31.0. The van der Waals surface area contributed by atoms with Crippen molar-refractivity contribution in [1.29, 1.82) is 0 Å². The fraction of sp³-hybridized carbons (Fsp3) is 0.833. The first-order valence-corrected chi connectivity index (χ1v) is 7.22. The monoisotopic (exact) mass is 262 g/mol. The van der Waals surface area contributed by atoms with Crippen molar-refractivity contribution < 1.29 is 10.2 Å². The third kappa shape index (κ3) is 10.7. The number of allylic oxidation sites excluding steroid dienone is 1. The fourth-order valence-electron chi connectivity index (χ4n) is 1.79. The van der Waals surface area contributed by atoms with Gasteiger partial charge in [0.1, 0.15) is 6.20 Å². The van der Waals surface area contributed by atoms with Gasteiger partial charge in [0.25, 0.3) is 0 Å². The topological polar surface area (TPSA) is 66.1 Å². The first-order valence-electron chi connectivity index (χ1n) is 6.55. The summed E-state index contributed by atoms with van der Waals surface area (Å²) in [7, 11) is 4.46. The Labute approximate surface area is 108 Å². The second-order valence-electron chi connectivity index (χ2n) is 4.41. The van der Waals surface area contributed by atoms with Crippen molar-refractivity contribution in [1.82, 2.24) is 5.01 Å². The minimum Gasteiger partial charge on any atom is -0.396 e. The molecule has 0 amide bonds. The van der Waals surface area contributed by atoms with Crippen LogP contribution in [0.1, 0.15) is 51.4 Å². The Kier molecular flexibility index (Phi) is 12.2. The number of aliphatic hydroxyl groups excluding tert-OH is 1. The van der Waals surface area contributed by atoms with Gasteiger partial charge in [0.15, 0.2) is 0 Å². The van der Waals surface area contributed by atoms with Gasteiger partial charge in [-0.15, -0.1) is 0 Å². The van der Waals surface area contributed by atoms with Gasteiger partial charge in [-0.3, -0.25) is 0 Å². The van der Waals surface area contributed by atoms with Gasteiger partial charge in [0.2, 0.25) is 0 Å². The summed E-state index contributed by atoms with van der Waals surface area (Å²) >= 11 is 0. The molecule has 5 heteroatoms. The van der Waals surface area contributed by atoms with Gasteiger partial charge in [-0.2, -0.15) is 0 Å². The highest BCUT2D eigenvalue weighted by molar-refractivity contribution is 7.07. The summed E-state index contributed by atoms with van der Waals surface area (Å²) in [5, 5.41) is 12.3. The number of quaternary nitrogens is 1. The van der Waals surface area contributed by atoms with Crippen LogP contribution < -0.4 is 10.9 Å². The summed E-state index contributed by atoms with van der Waals surface area (Å²) in [5.74, 6) is 5.73. The van der Waals surface area contributed by atoms with Crippen molar-refractivity contribution in [3.05, 3.63) is 11.9 Å². The molecule has 0 saturated heterocycles. The maximum absolute atomic E-state index is 8.64. The van der Waals surface area contributed by atoms with E-state index in [-0.39, 0.29) is 0 Å². The molecule has 0 aromatic heterocycles. The van der Waals surface area contributed by atoms with Crippen molar-refractivity contribution in [2.24, 2.45) is 5.84 Å². The van der Waals surface area contributed by atoms with Gasteiger partial charge in [-0.25, -0.2) is 5.84 Å². The summed E-state index contributed by atoms with van der Waals surface area (Å²) in [4.78, 5) is 0. The fourth-order valence-corrected chi connectivity index (χ4v) is 2.01. The van der Waals surface area contributed by atoms with Crippen LogP contribution in [0.4, 0.5) is 0 Å². The van der Waals surface area contributed by atoms with Gasteiger partial charge in [0, 0.05) is 13.7 Å². The Morgan fingerprint density at radius 1 is 1.18 bits per heavy atom. The van der Waals surface area contributed by atoms with E-state index in [1.165, 1.54) is 37.8 Å². The zero-order chi connectivity index (χ0) is 12.9. The maximum atomic E-state index is 8.64. The van der Waals surface area contributed by atoms with E-state index in [0.717, 1.165) is 19.3 Å². The molecule has 0 aliphatic heterocycles. The Morgan fingerprint density at radius 2 is 1.71 bits per heavy atom. The predicted octanol–water partition coefficient (Wildman–Crippen LogP) is 1.10. The lowest BCUT2D eigenvalue weighted by Crippen LogP contribution is -2.64. The molecule has 0 aromatic carbocycles. The second kappa shape index (κ2) is 12.3. The molecule has 4 nitrogen and oxygen atoms in total. The molecule has 0 heterocycles. The standard InChI is InChI=1S/C12H28N3OP/c1-15(13)12(11-14-17)9-7-5-3-2-4-6-8-10-16/h11,14,16H,2-10,13,17H2,1H3/p+1. The predicted molar refractivity (Wildman–Crippen MR) is 75.7 cm³/mol. The molecule has 0 saturated carbocycles. The van der Waals surface area contributed by atoms with E-state index >= 15 is 0 Å². The van der Waals surface area contributed by atoms with E-state index in [2.05, 4.69) is 9.39 Å². The van der Waals surface area contributed by atoms with Gasteiger partial charge in [0.05, 0.1) is 15.1 Å². The minimum atomic E-state index is 0.336. The van der Waals surface area contributed by atoms with Crippen molar-refractivity contribution in [3.8, 4) is 0 Å². The van der Waals surface area contributed by atoms with E-state index < -0.39 is 0 Å². The van der Waals surface area contributed by atoms with E-state index in [1.54, 1.807) is 5.01 Å². The lowest BCUT2D eigenvalue weighted by atomic mass is 10.1. The number of unbranched alkanes of at least 4 members (excludes halogenated alkanes) is 6. The molecule has 0 bridgehead atoms. The first-order chi connectivity index (χ1) is 8.22. The normalized spacial score (nSPS) is 11.9. The molecule has 0 aliphatic rings. The second-order valence-corrected chi connectivity index (χ2v) is 4.79. The van der Waals surface area contributed by atoms with E-state index in [0.29, 0.717) is 6.61 Å². The zero-order valence-electron chi connectivity index (χ0n) is 11.1. The molecule has 1 atom stereocenters. The molecule has 5 N–H and O–H groups in total. The van der Waals surface area contributed by atoms with E-state index in [4.69, 9.17) is 10.9 Å². The number of hydrogen-bond donors (Lipinski definition) is 3. The van der Waals surface area contributed by atoms with Crippen LogP contribution in [0.15, 0.2) is 11.9 Å². The van der Waals surface area contributed by atoms with Crippen LogP contribution in [0, 0.1) is 0 Å². The molecular formula is C12H29N3OP+. The van der Waals surface area contributed by atoms with Crippen LogP contribution in [0.25, 0.3) is 0 Å². The number of aliphatic hydroxyl groups is 1. The van der Waals surface area contributed by atoms with Gasteiger partial charge >= 0.3 is 0 Å². The summed E-state index contributed by atoms with van der Waals surface area (Å²) in [6, 6.07) is 0. The molecule has 0 aromatic rings. The van der Waals surface area contributed by atoms with Crippen LogP contribution in [0.5, 0.6) is 0 Å². The number of hydrogen-bond acceptors (Lipinski definition) is 3. The lowest BCUT2D eigenvalue weighted by molar-refractivity contribution is -0.404. The smallest absolute Gasteiger partial charge is 0.114 e. The average Bonchev–Trinajstić information content (AvgIpc) is 2.31. The molecule has 0 rings (SSSR count). The van der Waals surface area contributed by atoms with Gasteiger partial charge in [-0.05, 0) is 19.3 Å². The molecule has 102 valence electrons. The lowest BCUT2D eigenvalue weighted by Gasteiger charge is -2.14.